The van der Waals surface area contributed by atoms with E-state index in [1.807, 2.05) is 72.3 Å². The molecule has 3 heterocycles. The fourth-order valence-electron chi connectivity index (χ4n) is 4.02. The van der Waals surface area contributed by atoms with E-state index in [9.17, 15) is 4.39 Å². The van der Waals surface area contributed by atoms with Gasteiger partial charge in [0, 0.05) is 28.7 Å². The zero-order chi connectivity index (χ0) is 20.2. The number of nitrogens with zero attached hydrogens (tertiary/aromatic N) is 3. The third-order valence-corrected chi connectivity index (χ3v) is 5.35. The second-order valence-electron chi connectivity index (χ2n) is 7.39. The Morgan fingerprint density at radius 2 is 1.77 bits per heavy atom. The van der Waals surface area contributed by atoms with E-state index in [1.165, 1.54) is 12.1 Å². The lowest BCUT2D eigenvalue weighted by molar-refractivity contribution is 0.618. The molecule has 6 aromatic rings. The number of furan rings is 1. The molecule has 0 aliphatic carbocycles. The predicted molar refractivity (Wildman–Crippen MR) is 116 cm³/mol. The third-order valence-electron chi connectivity index (χ3n) is 5.35. The molecule has 0 N–H and O–H groups in total. The largest absolute Gasteiger partial charge is 0.455 e. The zero-order valence-electron chi connectivity index (χ0n) is 16.1. The van der Waals surface area contributed by atoms with Crippen LogP contribution in [0.25, 0.3) is 50.2 Å². The lowest BCUT2D eigenvalue weighted by atomic mass is 10.1. The van der Waals surface area contributed by atoms with Gasteiger partial charge in [-0.05, 0) is 48.9 Å². The van der Waals surface area contributed by atoms with Crippen LogP contribution in [0.2, 0.25) is 0 Å². The molecule has 144 valence electrons. The topological polar surface area (TPSA) is 43.9 Å². The summed E-state index contributed by atoms with van der Waals surface area (Å²) in [5.74, 6) is 0.415. The monoisotopic (exact) mass is 393 g/mol. The molecule has 0 saturated heterocycles. The van der Waals surface area contributed by atoms with Gasteiger partial charge in [0.1, 0.15) is 22.5 Å². The van der Waals surface area contributed by atoms with E-state index in [-0.39, 0.29) is 5.82 Å². The first kappa shape index (κ1) is 16.9. The van der Waals surface area contributed by atoms with Crippen molar-refractivity contribution in [2.45, 2.75) is 6.92 Å². The fraction of sp³-hybridized carbons (Fsp3) is 0.0400. The molecule has 30 heavy (non-hydrogen) atoms. The van der Waals surface area contributed by atoms with Crippen LogP contribution in [0.3, 0.4) is 0 Å². The van der Waals surface area contributed by atoms with Gasteiger partial charge in [-0.3, -0.25) is 4.57 Å². The lowest BCUT2D eigenvalue weighted by Gasteiger charge is -2.09. The summed E-state index contributed by atoms with van der Waals surface area (Å²) in [6, 6.07) is 22.6. The Labute approximate surface area is 171 Å². The van der Waals surface area contributed by atoms with Crippen molar-refractivity contribution in [2.75, 3.05) is 0 Å². The van der Waals surface area contributed by atoms with Gasteiger partial charge >= 0.3 is 0 Å². The van der Waals surface area contributed by atoms with Crippen molar-refractivity contribution in [3.05, 3.63) is 90.4 Å². The van der Waals surface area contributed by atoms with Crippen LogP contribution in [0.5, 0.6) is 0 Å². The Bertz CT molecular complexity index is 1560. The molecule has 0 aliphatic rings. The minimum absolute atomic E-state index is 0.320. The fourth-order valence-corrected chi connectivity index (χ4v) is 4.02. The van der Waals surface area contributed by atoms with Gasteiger partial charge in [0.25, 0.3) is 0 Å². The maximum absolute atomic E-state index is 13.8. The van der Waals surface area contributed by atoms with Crippen molar-refractivity contribution < 1.29 is 8.81 Å². The number of hydrogen-bond donors (Lipinski definition) is 0. The first-order chi connectivity index (χ1) is 14.7. The summed E-state index contributed by atoms with van der Waals surface area (Å²) in [5.41, 5.74) is 5.64. The molecular weight excluding hydrogens is 377 g/mol. The molecule has 0 amide bonds. The molecule has 0 radical (unpaired) electrons. The van der Waals surface area contributed by atoms with Gasteiger partial charge in [-0.15, -0.1) is 0 Å². The van der Waals surface area contributed by atoms with Crippen LogP contribution < -0.4 is 0 Å². The Balaban J connectivity index is 1.73. The van der Waals surface area contributed by atoms with Crippen LogP contribution in [0.15, 0.2) is 83.4 Å². The van der Waals surface area contributed by atoms with Crippen molar-refractivity contribution in [3.63, 3.8) is 0 Å². The Morgan fingerprint density at radius 1 is 0.900 bits per heavy atom. The molecule has 0 saturated carbocycles. The molecular formula is C25H16FN3O. The van der Waals surface area contributed by atoms with E-state index in [1.54, 1.807) is 6.07 Å². The quantitative estimate of drug-likeness (QED) is 0.340. The molecule has 6 rings (SSSR count). The van der Waals surface area contributed by atoms with Gasteiger partial charge in [-0.1, -0.05) is 30.3 Å². The minimum atomic E-state index is -0.320. The van der Waals surface area contributed by atoms with E-state index in [0.29, 0.717) is 11.2 Å². The van der Waals surface area contributed by atoms with Gasteiger partial charge in [-0.2, -0.15) is 0 Å². The van der Waals surface area contributed by atoms with Crippen LogP contribution in [0.1, 0.15) is 5.56 Å². The van der Waals surface area contributed by atoms with Gasteiger partial charge in [-0.25, -0.2) is 14.4 Å². The maximum atomic E-state index is 13.8. The van der Waals surface area contributed by atoms with Crippen molar-refractivity contribution in [1.82, 2.24) is 14.5 Å². The highest BCUT2D eigenvalue weighted by atomic mass is 19.1. The molecule has 0 aliphatic heterocycles. The standard InChI is InChI=1S/C25H16FN3O/c1-15-12-21-25(27-14-15)29(17-6-3-2-4-7-17)24(28-21)20-9-5-8-19-18-11-10-16(26)13-22(18)30-23(19)20/h2-14H,1H3. The Morgan fingerprint density at radius 3 is 2.63 bits per heavy atom. The van der Waals surface area contributed by atoms with Crippen molar-refractivity contribution in [3.8, 4) is 17.1 Å². The number of aromatic nitrogens is 3. The first-order valence-corrected chi connectivity index (χ1v) is 9.71. The van der Waals surface area contributed by atoms with Gasteiger partial charge in [0.05, 0.1) is 5.56 Å². The molecule has 3 aromatic heterocycles. The molecule has 5 heteroatoms. The van der Waals surface area contributed by atoms with Gasteiger partial charge < -0.3 is 4.42 Å². The summed E-state index contributed by atoms with van der Waals surface area (Å²) in [6.07, 6.45) is 1.85. The highest BCUT2D eigenvalue weighted by Crippen LogP contribution is 2.37. The van der Waals surface area contributed by atoms with Crippen LogP contribution in [0, 0.1) is 12.7 Å². The number of benzene rings is 3. The van der Waals surface area contributed by atoms with Crippen LogP contribution in [-0.2, 0) is 0 Å². The SMILES string of the molecule is Cc1cnc2c(c1)nc(-c1cccc3c1oc1cc(F)ccc13)n2-c1ccccc1. The predicted octanol–water partition coefficient (Wildman–Crippen LogP) is 6.43. The molecule has 3 aromatic carbocycles. The number of hydrogen-bond acceptors (Lipinski definition) is 3. The average Bonchev–Trinajstić information content (AvgIpc) is 3.31. The summed E-state index contributed by atoms with van der Waals surface area (Å²) in [4.78, 5) is 9.58. The van der Waals surface area contributed by atoms with E-state index < -0.39 is 0 Å². The number of halogens is 1. The summed E-state index contributed by atoms with van der Waals surface area (Å²) < 4.78 is 21.9. The summed E-state index contributed by atoms with van der Waals surface area (Å²) in [5, 5.41) is 1.81. The van der Waals surface area contributed by atoms with E-state index >= 15 is 0 Å². The van der Waals surface area contributed by atoms with Crippen molar-refractivity contribution >= 4 is 33.1 Å². The Hall–Kier alpha value is -3.99. The van der Waals surface area contributed by atoms with Crippen LogP contribution >= 0.6 is 0 Å². The summed E-state index contributed by atoms with van der Waals surface area (Å²) in [7, 11) is 0. The lowest BCUT2D eigenvalue weighted by Crippen LogP contribution is -1.98. The van der Waals surface area contributed by atoms with Crippen LogP contribution in [0.4, 0.5) is 4.39 Å². The number of rotatable bonds is 2. The number of fused-ring (bicyclic) bond motifs is 4. The third kappa shape index (κ3) is 2.45. The summed E-state index contributed by atoms with van der Waals surface area (Å²) >= 11 is 0. The number of pyridine rings is 1. The highest BCUT2D eigenvalue weighted by molar-refractivity contribution is 6.09. The molecule has 4 nitrogen and oxygen atoms in total. The minimum Gasteiger partial charge on any atom is -0.455 e. The number of imidazole rings is 1. The molecule has 0 bridgehead atoms. The molecule has 0 unspecified atom stereocenters. The first-order valence-electron chi connectivity index (χ1n) is 9.71. The van der Waals surface area contributed by atoms with Crippen LogP contribution in [-0.4, -0.2) is 14.5 Å². The molecule has 0 atom stereocenters. The molecule has 0 fully saturated rings. The average molecular weight is 393 g/mol. The normalized spacial score (nSPS) is 11.7. The zero-order valence-corrected chi connectivity index (χ0v) is 16.1. The highest BCUT2D eigenvalue weighted by Gasteiger charge is 2.20. The Kier molecular flexibility index (Phi) is 3.53. The van der Waals surface area contributed by atoms with E-state index in [2.05, 4.69) is 4.98 Å². The maximum Gasteiger partial charge on any atom is 0.164 e. The smallest absolute Gasteiger partial charge is 0.164 e. The summed E-state index contributed by atoms with van der Waals surface area (Å²) in [6.45, 7) is 2.00. The number of aryl methyl sites for hydroxylation is 1. The van der Waals surface area contributed by atoms with Crippen molar-refractivity contribution in [1.29, 1.82) is 0 Å². The van der Waals surface area contributed by atoms with E-state index in [0.717, 1.165) is 44.6 Å². The molecule has 0 spiro atoms. The number of para-hydroxylation sites is 2. The second kappa shape index (κ2) is 6.26. The van der Waals surface area contributed by atoms with Crippen molar-refractivity contribution in [2.24, 2.45) is 0 Å². The van der Waals surface area contributed by atoms with E-state index in [4.69, 9.17) is 9.40 Å². The van der Waals surface area contributed by atoms with Gasteiger partial charge in [0.15, 0.2) is 11.5 Å². The van der Waals surface area contributed by atoms with Gasteiger partial charge in [0.2, 0.25) is 0 Å². The second-order valence-corrected chi connectivity index (χ2v) is 7.39.